The number of nitrogens with one attached hydrogen (secondary N) is 1. The van der Waals surface area contributed by atoms with E-state index in [4.69, 9.17) is 0 Å². The van der Waals surface area contributed by atoms with Gasteiger partial charge in [0.2, 0.25) is 5.91 Å². The molecule has 1 aliphatic carbocycles. The fraction of sp³-hybridized carbons (Fsp3) is 0.714. The molecule has 0 unspecified atom stereocenters. The van der Waals surface area contributed by atoms with Gasteiger partial charge in [-0.15, -0.1) is 0 Å². The normalized spacial score (nSPS) is 28.0. The first-order chi connectivity index (χ1) is 8.66. The molecule has 4 nitrogen and oxygen atoms in total. The van der Waals surface area contributed by atoms with Crippen LogP contribution in [0.4, 0.5) is 0 Å². The van der Waals surface area contributed by atoms with E-state index in [9.17, 15) is 4.79 Å². The molecular weight excluding hydrogens is 226 g/mol. The molecule has 18 heavy (non-hydrogen) atoms. The lowest BCUT2D eigenvalue weighted by Gasteiger charge is -2.34. The van der Waals surface area contributed by atoms with Crippen LogP contribution in [0.25, 0.3) is 0 Å². The third-order valence-corrected chi connectivity index (χ3v) is 4.18. The zero-order valence-corrected chi connectivity index (χ0v) is 11.3. The molecule has 4 heteroatoms. The van der Waals surface area contributed by atoms with Crippen molar-refractivity contribution in [1.82, 2.24) is 15.1 Å². The van der Waals surface area contributed by atoms with Gasteiger partial charge in [-0.05, 0) is 24.3 Å². The van der Waals surface area contributed by atoms with Crippen molar-refractivity contribution in [1.29, 1.82) is 0 Å². The summed E-state index contributed by atoms with van der Waals surface area (Å²) < 4.78 is 1.80. The molecule has 1 N–H and O–H groups in total. The van der Waals surface area contributed by atoms with E-state index in [1.165, 1.54) is 12.8 Å². The maximum Gasteiger partial charge on any atom is 0.222 e. The van der Waals surface area contributed by atoms with Crippen LogP contribution >= 0.6 is 0 Å². The predicted octanol–water partition coefficient (Wildman–Crippen LogP) is 2.21. The summed E-state index contributed by atoms with van der Waals surface area (Å²) in [7, 11) is 0. The van der Waals surface area contributed by atoms with Gasteiger partial charge in [0.1, 0.15) is 0 Å². The number of amides is 1. The topological polar surface area (TPSA) is 46.9 Å². The molecule has 1 aliphatic rings. The first-order valence-corrected chi connectivity index (χ1v) is 6.93. The zero-order valence-electron chi connectivity index (χ0n) is 11.3. The van der Waals surface area contributed by atoms with Crippen molar-refractivity contribution in [2.75, 3.05) is 0 Å². The second-order valence-corrected chi connectivity index (χ2v) is 5.46. The molecule has 2 rings (SSSR count). The van der Waals surface area contributed by atoms with Crippen LogP contribution in [-0.2, 0) is 11.3 Å². The lowest BCUT2D eigenvalue weighted by molar-refractivity contribution is -0.122. The maximum absolute atomic E-state index is 11.9. The molecule has 1 fully saturated rings. The Balaban J connectivity index is 1.76. The van der Waals surface area contributed by atoms with E-state index in [2.05, 4.69) is 24.3 Å². The van der Waals surface area contributed by atoms with Gasteiger partial charge in [0.25, 0.3) is 0 Å². The fourth-order valence-corrected chi connectivity index (χ4v) is 2.71. The number of carbonyl (C=O) groups excluding carboxylic acids is 1. The van der Waals surface area contributed by atoms with Crippen molar-refractivity contribution in [3.63, 3.8) is 0 Å². The van der Waals surface area contributed by atoms with E-state index in [1.807, 2.05) is 12.3 Å². The molecule has 0 spiro atoms. The van der Waals surface area contributed by atoms with Crippen molar-refractivity contribution in [2.45, 2.75) is 52.1 Å². The number of hydrogen-bond acceptors (Lipinski definition) is 2. The smallest absolute Gasteiger partial charge is 0.222 e. The minimum absolute atomic E-state index is 0.149. The maximum atomic E-state index is 11.9. The molecule has 0 radical (unpaired) electrons. The Hall–Kier alpha value is -1.32. The third-order valence-electron chi connectivity index (χ3n) is 4.18. The molecule has 0 aliphatic heterocycles. The van der Waals surface area contributed by atoms with Gasteiger partial charge in [-0.25, -0.2) is 0 Å². The Kier molecular flexibility index (Phi) is 4.39. The van der Waals surface area contributed by atoms with Crippen LogP contribution in [0, 0.1) is 11.8 Å². The van der Waals surface area contributed by atoms with Crippen LogP contribution in [0.5, 0.6) is 0 Å². The summed E-state index contributed by atoms with van der Waals surface area (Å²) >= 11 is 0. The Morgan fingerprint density at radius 1 is 1.44 bits per heavy atom. The number of hydrogen-bond donors (Lipinski definition) is 1. The SMILES string of the molecule is C[C@H]1[C@H](C)CCC[C@@H]1NC(=O)CCn1cccn1. The Bertz CT molecular complexity index is 374. The van der Waals surface area contributed by atoms with E-state index >= 15 is 0 Å². The zero-order chi connectivity index (χ0) is 13.0. The summed E-state index contributed by atoms with van der Waals surface area (Å²) in [5, 5.41) is 7.28. The summed E-state index contributed by atoms with van der Waals surface area (Å²) in [5.74, 6) is 1.46. The van der Waals surface area contributed by atoms with Crippen molar-refractivity contribution in [3.8, 4) is 0 Å². The van der Waals surface area contributed by atoms with Gasteiger partial charge in [0, 0.05) is 31.4 Å². The predicted molar refractivity (Wildman–Crippen MR) is 71.0 cm³/mol. The first kappa shape index (κ1) is 13.1. The second-order valence-electron chi connectivity index (χ2n) is 5.46. The highest BCUT2D eigenvalue weighted by atomic mass is 16.1. The minimum Gasteiger partial charge on any atom is -0.353 e. The Morgan fingerprint density at radius 3 is 3.00 bits per heavy atom. The lowest BCUT2D eigenvalue weighted by atomic mass is 9.78. The Morgan fingerprint density at radius 2 is 2.28 bits per heavy atom. The lowest BCUT2D eigenvalue weighted by Crippen LogP contribution is -2.43. The highest BCUT2D eigenvalue weighted by Crippen LogP contribution is 2.29. The molecule has 1 aromatic rings. The molecule has 3 atom stereocenters. The molecule has 1 amide bonds. The second kappa shape index (κ2) is 6.03. The fourth-order valence-electron chi connectivity index (χ4n) is 2.71. The molecule has 1 saturated carbocycles. The first-order valence-electron chi connectivity index (χ1n) is 6.93. The third kappa shape index (κ3) is 3.34. The average Bonchev–Trinajstić information content (AvgIpc) is 2.86. The van der Waals surface area contributed by atoms with E-state index in [-0.39, 0.29) is 5.91 Å². The van der Waals surface area contributed by atoms with Gasteiger partial charge in [-0.3, -0.25) is 9.48 Å². The van der Waals surface area contributed by atoms with Gasteiger partial charge >= 0.3 is 0 Å². The number of carbonyl (C=O) groups is 1. The van der Waals surface area contributed by atoms with Crippen molar-refractivity contribution in [2.24, 2.45) is 11.8 Å². The number of aromatic nitrogens is 2. The van der Waals surface area contributed by atoms with Crippen LogP contribution < -0.4 is 5.32 Å². The molecule has 1 heterocycles. The number of rotatable bonds is 4. The molecule has 0 aromatic carbocycles. The summed E-state index contributed by atoms with van der Waals surface area (Å²) in [5.41, 5.74) is 0. The van der Waals surface area contributed by atoms with Gasteiger partial charge < -0.3 is 5.32 Å². The van der Waals surface area contributed by atoms with Crippen LogP contribution in [0.15, 0.2) is 18.5 Å². The van der Waals surface area contributed by atoms with Crippen molar-refractivity contribution in [3.05, 3.63) is 18.5 Å². The summed E-state index contributed by atoms with van der Waals surface area (Å²) in [6.07, 6.45) is 7.79. The number of nitrogens with zero attached hydrogens (tertiary/aromatic N) is 2. The van der Waals surface area contributed by atoms with E-state index < -0.39 is 0 Å². The van der Waals surface area contributed by atoms with Crippen LogP contribution in [0.3, 0.4) is 0 Å². The monoisotopic (exact) mass is 249 g/mol. The van der Waals surface area contributed by atoms with E-state index in [0.29, 0.717) is 24.9 Å². The molecule has 0 bridgehead atoms. The van der Waals surface area contributed by atoms with Crippen LogP contribution in [0.2, 0.25) is 0 Å². The molecular formula is C14H23N3O. The molecule has 100 valence electrons. The van der Waals surface area contributed by atoms with E-state index in [0.717, 1.165) is 12.3 Å². The minimum atomic E-state index is 0.149. The van der Waals surface area contributed by atoms with E-state index in [1.54, 1.807) is 10.9 Å². The average molecular weight is 249 g/mol. The van der Waals surface area contributed by atoms with Crippen LogP contribution in [0.1, 0.15) is 39.5 Å². The van der Waals surface area contributed by atoms with Gasteiger partial charge in [0.15, 0.2) is 0 Å². The highest BCUT2D eigenvalue weighted by Gasteiger charge is 2.27. The van der Waals surface area contributed by atoms with Gasteiger partial charge in [-0.1, -0.05) is 26.7 Å². The quantitative estimate of drug-likeness (QED) is 0.889. The number of aryl methyl sites for hydroxylation is 1. The summed E-state index contributed by atoms with van der Waals surface area (Å²) in [4.78, 5) is 11.9. The summed E-state index contributed by atoms with van der Waals surface area (Å²) in [6, 6.07) is 2.24. The van der Waals surface area contributed by atoms with Crippen LogP contribution in [-0.4, -0.2) is 21.7 Å². The van der Waals surface area contributed by atoms with Gasteiger partial charge in [-0.2, -0.15) is 5.10 Å². The highest BCUT2D eigenvalue weighted by molar-refractivity contribution is 5.76. The largest absolute Gasteiger partial charge is 0.353 e. The Labute approximate surface area is 109 Å². The molecule has 1 aromatic heterocycles. The summed E-state index contributed by atoms with van der Waals surface area (Å²) in [6.45, 7) is 5.20. The van der Waals surface area contributed by atoms with Gasteiger partial charge in [0.05, 0.1) is 0 Å². The van der Waals surface area contributed by atoms with Crippen molar-refractivity contribution < 1.29 is 4.79 Å². The van der Waals surface area contributed by atoms with Crippen molar-refractivity contribution >= 4 is 5.91 Å². The molecule has 0 saturated heterocycles. The standard InChI is InChI=1S/C14H23N3O/c1-11-5-3-6-13(12(11)2)16-14(18)7-10-17-9-4-8-15-17/h4,8-9,11-13H,3,5-7,10H2,1-2H3,(H,16,18)/t11-,12+,13+/m1/s1.